The standard InChI is InChI=1S/C20H24N2O3/c1-25-19-9-5-2-6-16(19)20(24)21-17-7-3-4-8-18(17)22-12-10-15(14-23)11-13-22/h2-9,15,23H,10-14H2,1H3,(H,21,24). The highest BCUT2D eigenvalue weighted by Gasteiger charge is 2.21. The van der Waals surface area contributed by atoms with Gasteiger partial charge in [0.15, 0.2) is 0 Å². The number of carbonyl (C=O) groups excluding carboxylic acids is 1. The van der Waals surface area contributed by atoms with Crippen molar-refractivity contribution in [1.29, 1.82) is 0 Å². The van der Waals surface area contributed by atoms with Gasteiger partial charge in [0.2, 0.25) is 0 Å². The summed E-state index contributed by atoms with van der Waals surface area (Å²) in [5.74, 6) is 0.753. The normalized spacial score (nSPS) is 15.0. The number of para-hydroxylation sites is 3. The van der Waals surface area contributed by atoms with Crippen molar-refractivity contribution in [3.8, 4) is 5.75 Å². The fraction of sp³-hybridized carbons (Fsp3) is 0.350. The molecule has 0 aliphatic carbocycles. The molecular weight excluding hydrogens is 316 g/mol. The molecule has 5 heteroatoms. The van der Waals surface area contributed by atoms with E-state index in [4.69, 9.17) is 4.74 Å². The maximum Gasteiger partial charge on any atom is 0.259 e. The Morgan fingerprint density at radius 1 is 1.16 bits per heavy atom. The molecule has 2 aromatic carbocycles. The first kappa shape index (κ1) is 17.3. The molecule has 2 N–H and O–H groups in total. The van der Waals surface area contributed by atoms with E-state index >= 15 is 0 Å². The highest BCUT2D eigenvalue weighted by atomic mass is 16.5. The van der Waals surface area contributed by atoms with Crippen LogP contribution >= 0.6 is 0 Å². The van der Waals surface area contributed by atoms with Crippen molar-refractivity contribution in [1.82, 2.24) is 0 Å². The Morgan fingerprint density at radius 2 is 1.84 bits per heavy atom. The van der Waals surface area contributed by atoms with Crippen molar-refractivity contribution < 1.29 is 14.6 Å². The van der Waals surface area contributed by atoms with Gasteiger partial charge in [0, 0.05) is 19.7 Å². The zero-order valence-electron chi connectivity index (χ0n) is 14.4. The summed E-state index contributed by atoms with van der Waals surface area (Å²) in [5, 5.41) is 12.3. The second kappa shape index (κ2) is 8.03. The Hall–Kier alpha value is -2.53. The zero-order chi connectivity index (χ0) is 17.6. The largest absolute Gasteiger partial charge is 0.496 e. The Balaban J connectivity index is 1.78. The monoisotopic (exact) mass is 340 g/mol. The van der Waals surface area contributed by atoms with Gasteiger partial charge >= 0.3 is 0 Å². The molecular formula is C20H24N2O3. The minimum atomic E-state index is -0.185. The molecule has 1 saturated heterocycles. The first-order valence-electron chi connectivity index (χ1n) is 8.62. The highest BCUT2D eigenvalue weighted by Crippen LogP contribution is 2.30. The zero-order valence-corrected chi connectivity index (χ0v) is 14.4. The van der Waals surface area contributed by atoms with Crippen LogP contribution in [0.15, 0.2) is 48.5 Å². The lowest BCUT2D eigenvalue weighted by Gasteiger charge is -2.34. The number of aliphatic hydroxyl groups excluding tert-OH is 1. The van der Waals surface area contributed by atoms with Crippen molar-refractivity contribution in [3.63, 3.8) is 0 Å². The van der Waals surface area contributed by atoms with Crippen LogP contribution in [-0.2, 0) is 0 Å². The molecule has 1 fully saturated rings. The Bertz CT molecular complexity index is 724. The fourth-order valence-electron chi connectivity index (χ4n) is 3.23. The molecule has 1 aliphatic heterocycles. The molecule has 25 heavy (non-hydrogen) atoms. The molecule has 0 aromatic heterocycles. The first-order valence-corrected chi connectivity index (χ1v) is 8.62. The van der Waals surface area contributed by atoms with Crippen LogP contribution in [0.25, 0.3) is 0 Å². The summed E-state index contributed by atoms with van der Waals surface area (Å²) in [7, 11) is 1.56. The molecule has 0 bridgehead atoms. The Labute approximate surface area is 148 Å². The average Bonchev–Trinajstić information content (AvgIpc) is 2.68. The Kier molecular flexibility index (Phi) is 5.56. The molecule has 1 aliphatic rings. The van der Waals surface area contributed by atoms with E-state index in [1.54, 1.807) is 19.2 Å². The smallest absolute Gasteiger partial charge is 0.259 e. The third-order valence-electron chi connectivity index (χ3n) is 4.72. The van der Waals surface area contributed by atoms with E-state index in [9.17, 15) is 9.90 Å². The number of hydrogen-bond acceptors (Lipinski definition) is 4. The number of benzene rings is 2. The van der Waals surface area contributed by atoms with Crippen LogP contribution in [0.3, 0.4) is 0 Å². The second-order valence-electron chi connectivity index (χ2n) is 6.28. The molecule has 0 atom stereocenters. The van der Waals surface area contributed by atoms with Crippen LogP contribution in [0.4, 0.5) is 11.4 Å². The van der Waals surface area contributed by atoms with Crippen molar-refractivity contribution in [2.75, 3.05) is 37.0 Å². The number of methoxy groups -OCH3 is 1. The number of rotatable bonds is 5. The molecule has 5 nitrogen and oxygen atoms in total. The van der Waals surface area contributed by atoms with Crippen LogP contribution in [0, 0.1) is 5.92 Å². The van der Waals surface area contributed by atoms with Crippen LogP contribution in [0.1, 0.15) is 23.2 Å². The van der Waals surface area contributed by atoms with Crippen LogP contribution in [0.2, 0.25) is 0 Å². The third-order valence-corrected chi connectivity index (χ3v) is 4.72. The van der Waals surface area contributed by atoms with Gasteiger partial charge in [0.1, 0.15) is 5.75 Å². The third kappa shape index (κ3) is 3.94. The molecule has 0 unspecified atom stereocenters. The number of aliphatic hydroxyl groups is 1. The summed E-state index contributed by atoms with van der Waals surface area (Å²) < 4.78 is 5.28. The van der Waals surface area contributed by atoms with Crippen molar-refractivity contribution in [3.05, 3.63) is 54.1 Å². The lowest BCUT2D eigenvalue weighted by molar-refractivity contribution is 0.102. The maximum atomic E-state index is 12.7. The van der Waals surface area contributed by atoms with E-state index in [-0.39, 0.29) is 12.5 Å². The van der Waals surface area contributed by atoms with Gasteiger partial charge in [-0.15, -0.1) is 0 Å². The predicted octanol–water partition coefficient (Wildman–Crippen LogP) is 3.16. The quantitative estimate of drug-likeness (QED) is 0.878. The number of nitrogens with one attached hydrogen (secondary N) is 1. The maximum absolute atomic E-state index is 12.7. The highest BCUT2D eigenvalue weighted by molar-refractivity contribution is 6.07. The molecule has 132 valence electrons. The summed E-state index contributed by atoms with van der Waals surface area (Å²) in [6.07, 6.45) is 1.93. The van der Waals surface area contributed by atoms with Crippen LogP contribution in [-0.4, -0.2) is 37.8 Å². The Morgan fingerprint density at radius 3 is 2.56 bits per heavy atom. The second-order valence-corrected chi connectivity index (χ2v) is 6.28. The SMILES string of the molecule is COc1ccccc1C(=O)Nc1ccccc1N1CCC(CO)CC1. The number of piperidine rings is 1. The molecule has 3 rings (SSSR count). The number of hydrogen-bond donors (Lipinski definition) is 2. The van der Waals surface area contributed by atoms with E-state index in [0.29, 0.717) is 17.2 Å². The van der Waals surface area contributed by atoms with Gasteiger partial charge in [-0.1, -0.05) is 24.3 Å². The molecule has 2 aromatic rings. The fourth-order valence-corrected chi connectivity index (χ4v) is 3.23. The van der Waals surface area contributed by atoms with Crippen LogP contribution < -0.4 is 15.0 Å². The summed E-state index contributed by atoms with van der Waals surface area (Å²) in [6, 6.07) is 15.0. The number of carbonyl (C=O) groups is 1. The summed E-state index contributed by atoms with van der Waals surface area (Å²) in [5.41, 5.74) is 2.32. The van der Waals surface area contributed by atoms with E-state index in [2.05, 4.69) is 10.2 Å². The molecule has 0 radical (unpaired) electrons. The first-order chi connectivity index (χ1) is 12.2. The summed E-state index contributed by atoms with van der Waals surface area (Å²) in [4.78, 5) is 15.0. The summed E-state index contributed by atoms with van der Waals surface area (Å²) >= 11 is 0. The molecule has 1 amide bonds. The van der Waals surface area contributed by atoms with E-state index in [1.807, 2.05) is 36.4 Å². The number of amides is 1. The number of ether oxygens (including phenoxy) is 1. The van der Waals surface area contributed by atoms with Gasteiger partial charge in [-0.2, -0.15) is 0 Å². The van der Waals surface area contributed by atoms with Gasteiger partial charge in [-0.05, 0) is 43.0 Å². The van der Waals surface area contributed by atoms with Crippen molar-refractivity contribution in [2.45, 2.75) is 12.8 Å². The number of nitrogens with zero attached hydrogens (tertiary/aromatic N) is 1. The lowest BCUT2D eigenvalue weighted by Crippen LogP contribution is -2.35. The predicted molar refractivity (Wildman–Crippen MR) is 99.4 cm³/mol. The molecule has 0 saturated carbocycles. The minimum Gasteiger partial charge on any atom is -0.496 e. The van der Waals surface area contributed by atoms with Gasteiger partial charge in [-0.3, -0.25) is 4.79 Å². The average molecular weight is 340 g/mol. The van der Waals surface area contributed by atoms with E-state index in [1.165, 1.54) is 0 Å². The van der Waals surface area contributed by atoms with Gasteiger partial charge in [0.05, 0.1) is 24.0 Å². The van der Waals surface area contributed by atoms with Crippen LogP contribution in [0.5, 0.6) is 5.75 Å². The van der Waals surface area contributed by atoms with Crippen molar-refractivity contribution in [2.24, 2.45) is 5.92 Å². The van der Waals surface area contributed by atoms with Gasteiger partial charge in [-0.25, -0.2) is 0 Å². The molecule has 1 heterocycles. The van der Waals surface area contributed by atoms with Gasteiger partial charge in [0.25, 0.3) is 5.91 Å². The van der Waals surface area contributed by atoms with Crippen molar-refractivity contribution >= 4 is 17.3 Å². The molecule has 0 spiro atoms. The van der Waals surface area contributed by atoms with E-state index in [0.717, 1.165) is 37.3 Å². The lowest BCUT2D eigenvalue weighted by atomic mass is 9.97. The number of anilines is 2. The minimum absolute atomic E-state index is 0.185. The summed E-state index contributed by atoms with van der Waals surface area (Å²) in [6.45, 7) is 2.01. The van der Waals surface area contributed by atoms with Gasteiger partial charge < -0.3 is 20.1 Å². The topological polar surface area (TPSA) is 61.8 Å². The van der Waals surface area contributed by atoms with E-state index < -0.39 is 0 Å².